The summed E-state index contributed by atoms with van der Waals surface area (Å²) < 4.78 is 89.9. The summed E-state index contributed by atoms with van der Waals surface area (Å²) in [4.78, 5) is 68.5. The van der Waals surface area contributed by atoms with Gasteiger partial charge in [0.05, 0.1) is 31.3 Å². The summed E-state index contributed by atoms with van der Waals surface area (Å²) >= 11 is 0. The maximum absolute atomic E-state index is 16.3. The average Bonchev–Trinajstić information content (AvgIpc) is 3.83. The van der Waals surface area contributed by atoms with Gasteiger partial charge in [-0.3, -0.25) is 51.6 Å². The number of aromatic amines is 2. The number of fused-ring (bicyclic) bond motifs is 5. The Bertz CT molecular complexity index is 2310. The number of nitrogen functional groups attached to an aromatic ring is 2. The van der Waals surface area contributed by atoms with E-state index < -0.39 is 107 Å². The van der Waals surface area contributed by atoms with Gasteiger partial charge in [-0.25, -0.2) is 28.0 Å². The fraction of sp³-hybridized carbons (Fsp3) is 0.577. The maximum atomic E-state index is 16.3. The molecule has 0 aliphatic carbocycles. The van der Waals surface area contributed by atoms with Crippen LogP contribution in [0.3, 0.4) is 0 Å². The number of phosphoric acid groups is 2. The van der Waals surface area contributed by atoms with Crippen molar-refractivity contribution in [2.45, 2.75) is 69.9 Å². The number of esters is 1. The van der Waals surface area contributed by atoms with Crippen molar-refractivity contribution in [2.75, 3.05) is 31.5 Å². The van der Waals surface area contributed by atoms with E-state index in [1.165, 1.54) is 20.8 Å². The van der Waals surface area contributed by atoms with Crippen LogP contribution in [-0.2, 0) is 50.8 Å². The number of ether oxygens (including phenoxy) is 3. The second-order valence-corrected chi connectivity index (χ2v) is 16.2. The number of nitrogens with two attached hydrogens (primary N) is 2. The van der Waals surface area contributed by atoms with E-state index in [4.69, 9.17) is 48.3 Å². The third-order valence-electron chi connectivity index (χ3n) is 8.35. The highest BCUT2D eigenvalue weighted by Gasteiger charge is 2.55. The third kappa shape index (κ3) is 7.17. The van der Waals surface area contributed by atoms with Crippen LogP contribution in [0.2, 0.25) is 0 Å². The molecule has 3 fully saturated rings. The lowest BCUT2D eigenvalue weighted by atomic mass is 9.98. The first kappa shape index (κ1) is 38.1. The monoisotopic (exact) mass is 806 g/mol. The number of phosphoric ester groups is 2. The van der Waals surface area contributed by atoms with E-state index in [2.05, 4.69) is 29.9 Å². The number of halogens is 1. The number of alkyl halides is 1. The van der Waals surface area contributed by atoms with Gasteiger partial charge in [-0.1, -0.05) is 0 Å². The Morgan fingerprint density at radius 2 is 1.50 bits per heavy atom. The first-order chi connectivity index (χ1) is 25.3. The number of H-pyrrole nitrogens is 2. The van der Waals surface area contributed by atoms with Crippen LogP contribution in [0.4, 0.5) is 16.3 Å². The number of nitrogens with zero attached hydrogens (tertiary/aromatic N) is 6. The molecule has 3 aliphatic heterocycles. The molecule has 0 amide bonds. The van der Waals surface area contributed by atoms with Crippen molar-refractivity contribution in [3.8, 4) is 0 Å². The van der Waals surface area contributed by atoms with Gasteiger partial charge in [0.25, 0.3) is 11.1 Å². The van der Waals surface area contributed by atoms with Crippen LogP contribution < -0.4 is 22.6 Å². The molecule has 0 spiro atoms. The molecular formula is C26H33FN10O15P2. The molecule has 25 nitrogen and oxygen atoms in total. The standard InChI is InChI=1S/C26H33FN10O15P2/c1-26(2,3)23(41)45-8-48-54(44)47-5-10-15(11(27)21(50-10)36-6-30-12-17(36)32-24(28)34-19(12)39)51-53(42,43)46-4-9-14(38)16(52-54)22(49-9)37-7-31-13-18(37)33-25(29)35-20(13)40/h6-7,9-11,14-16,21-22,38H,4-5,8H2,1-3H3,(H,42,43)(H3,28,32,34,39)(H3,29,33,35,40)/t9-,10-,11?,14?,15?,16?,21-,22-,54?/m1/s1. The highest BCUT2D eigenvalue weighted by Crippen LogP contribution is 2.56. The molecular weight excluding hydrogens is 773 g/mol. The predicted molar refractivity (Wildman–Crippen MR) is 174 cm³/mol. The minimum atomic E-state index is -5.27. The number of carbonyl (C=O) groups excluding carboxylic acids is 1. The molecule has 294 valence electrons. The van der Waals surface area contributed by atoms with Gasteiger partial charge in [-0.15, -0.1) is 0 Å². The van der Waals surface area contributed by atoms with Crippen LogP contribution in [-0.4, -0.2) is 112 Å². The topological polar surface area (TPSA) is 345 Å². The van der Waals surface area contributed by atoms with Crippen molar-refractivity contribution in [1.82, 2.24) is 39.0 Å². The molecule has 28 heteroatoms. The smallest absolute Gasteiger partial charge is 0.437 e. The van der Waals surface area contributed by atoms with Crippen molar-refractivity contribution in [3.63, 3.8) is 0 Å². The summed E-state index contributed by atoms with van der Waals surface area (Å²) in [5, 5.41) is 11.4. The second-order valence-electron chi connectivity index (χ2n) is 13.2. The normalized spacial score (nSPS) is 33.6. The summed E-state index contributed by atoms with van der Waals surface area (Å²) in [5.74, 6) is -1.45. The Labute approximate surface area is 300 Å². The van der Waals surface area contributed by atoms with Gasteiger partial charge in [0.15, 0.2) is 41.0 Å². The minimum absolute atomic E-state index is 0.177. The highest BCUT2D eigenvalue weighted by molar-refractivity contribution is 7.48. The first-order valence-corrected chi connectivity index (χ1v) is 18.8. The average molecular weight is 807 g/mol. The van der Waals surface area contributed by atoms with E-state index in [9.17, 15) is 33.5 Å². The number of imidazole rings is 2. The van der Waals surface area contributed by atoms with Crippen LogP contribution >= 0.6 is 15.6 Å². The molecule has 7 rings (SSSR count). The van der Waals surface area contributed by atoms with Crippen LogP contribution in [0.25, 0.3) is 22.3 Å². The Morgan fingerprint density at radius 1 is 0.944 bits per heavy atom. The molecule has 4 aromatic heterocycles. The molecule has 10 atom stereocenters. The minimum Gasteiger partial charge on any atom is -0.437 e. The lowest BCUT2D eigenvalue weighted by Gasteiger charge is -2.27. The number of nitrogens with one attached hydrogen (secondary N) is 2. The van der Waals surface area contributed by atoms with E-state index >= 15 is 4.39 Å². The lowest BCUT2D eigenvalue weighted by Crippen LogP contribution is -2.36. The quantitative estimate of drug-likeness (QED) is 0.0841. The van der Waals surface area contributed by atoms with E-state index in [-0.39, 0.29) is 34.2 Å². The van der Waals surface area contributed by atoms with Gasteiger partial charge < -0.3 is 35.7 Å². The summed E-state index contributed by atoms with van der Waals surface area (Å²) in [6, 6.07) is 0. The third-order valence-corrected chi connectivity index (χ3v) is 10.7. The zero-order valence-corrected chi connectivity index (χ0v) is 30.0. The molecule has 3 saturated heterocycles. The SMILES string of the molecule is CC(C)(C)C(=O)OCOP1(=O)OC[C@H]2O[C@@H](n3cnc4c(=O)[nH]c(N)nc43)C(F)C2OP(=O)(O)OC[C@H]2O[C@@H](n3cnc4c(=O)[nH]c(N)nc43)C(O1)C2O. The van der Waals surface area contributed by atoms with Crippen LogP contribution in [0, 0.1) is 5.41 Å². The Morgan fingerprint density at radius 3 is 2.09 bits per heavy atom. The number of aliphatic hydroxyl groups is 1. The highest BCUT2D eigenvalue weighted by atomic mass is 31.2. The van der Waals surface area contributed by atoms with Gasteiger partial charge in [0.1, 0.15) is 30.5 Å². The maximum Gasteiger partial charge on any atom is 0.478 e. The van der Waals surface area contributed by atoms with Crippen molar-refractivity contribution in [2.24, 2.45) is 5.41 Å². The zero-order chi connectivity index (χ0) is 38.9. The van der Waals surface area contributed by atoms with Crippen LogP contribution in [0.5, 0.6) is 0 Å². The fourth-order valence-corrected chi connectivity index (χ4v) is 7.95. The van der Waals surface area contributed by atoms with Crippen molar-refractivity contribution in [3.05, 3.63) is 33.4 Å². The van der Waals surface area contributed by atoms with E-state index in [1.54, 1.807) is 0 Å². The van der Waals surface area contributed by atoms with Gasteiger partial charge >= 0.3 is 21.6 Å². The van der Waals surface area contributed by atoms with Crippen molar-refractivity contribution < 1.29 is 65.1 Å². The number of anilines is 2. The summed E-state index contributed by atoms with van der Waals surface area (Å²) in [7, 11) is -10.4. The molecule has 3 aliphatic rings. The number of rotatable bonds is 5. The predicted octanol–water partition coefficient (Wildman–Crippen LogP) is -0.500. The first-order valence-electron chi connectivity index (χ1n) is 15.8. The molecule has 0 saturated carbocycles. The van der Waals surface area contributed by atoms with Crippen molar-refractivity contribution >= 4 is 55.8 Å². The van der Waals surface area contributed by atoms with E-state index in [0.29, 0.717) is 0 Å². The lowest BCUT2D eigenvalue weighted by molar-refractivity contribution is -0.161. The molecule has 6 unspecified atom stereocenters. The Hall–Kier alpha value is -4.20. The Kier molecular flexibility index (Phi) is 9.75. The number of hydrogen-bond donors (Lipinski definition) is 6. The zero-order valence-electron chi connectivity index (χ0n) is 28.2. The summed E-state index contributed by atoms with van der Waals surface area (Å²) in [6.07, 6.45) is -12.6. The number of carbonyl (C=O) groups is 1. The summed E-state index contributed by atoms with van der Waals surface area (Å²) in [5.41, 5.74) is 8.00. The molecule has 54 heavy (non-hydrogen) atoms. The van der Waals surface area contributed by atoms with Gasteiger partial charge in [-0.05, 0) is 20.8 Å². The number of aromatic nitrogens is 8. The molecule has 0 radical (unpaired) electrons. The fourth-order valence-electron chi connectivity index (χ4n) is 5.75. The number of aliphatic hydroxyl groups excluding tert-OH is 1. The number of hydrogen-bond acceptors (Lipinski definition) is 20. The Balaban J connectivity index is 1.25. The van der Waals surface area contributed by atoms with Crippen molar-refractivity contribution in [1.29, 1.82) is 0 Å². The van der Waals surface area contributed by atoms with Gasteiger partial charge in [0.2, 0.25) is 18.7 Å². The van der Waals surface area contributed by atoms with Gasteiger partial charge in [0, 0.05) is 0 Å². The summed E-state index contributed by atoms with van der Waals surface area (Å²) in [6.45, 7) is 1.69. The second kappa shape index (κ2) is 13.8. The molecule has 7 heterocycles. The molecule has 0 aromatic carbocycles. The van der Waals surface area contributed by atoms with E-state index in [1.807, 2.05) is 0 Å². The van der Waals surface area contributed by atoms with Crippen LogP contribution in [0.1, 0.15) is 33.2 Å². The largest absolute Gasteiger partial charge is 0.478 e. The molecule has 8 N–H and O–H groups in total. The van der Waals surface area contributed by atoms with Crippen LogP contribution in [0.15, 0.2) is 22.2 Å². The van der Waals surface area contributed by atoms with E-state index in [0.717, 1.165) is 21.8 Å². The van der Waals surface area contributed by atoms with Gasteiger partial charge in [-0.2, -0.15) is 9.97 Å². The molecule has 4 aromatic rings. The molecule has 2 bridgehead atoms.